The second kappa shape index (κ2) is 4.62. The Morgan fingerprint density at radius 1 is 1.24 bits per heavy atom. The summed E-state index contributed by atoms with van der Waals surface area (Å²) in [6.45, 7) is 1.96. The van der Waals surface area contributed by atoms with Crippen LogP contribution in [0, 0.1) is 18.3 Å². The van der Waals surface area contributed by atoms with Crippen LogP contribution in [0.1, 0.15) is 11.1 Å². The summed E-state index contributed by atoms with van der Waals surface area (Å²) in [5, 5.41) is 8.66. The smallest absolute Gasteiger partial charge is 0.159 e. The zero-order valence-electron chi connectivity index (χ0n) is 9.64. The molecule has 17 heavy (non-hydrogen) atoms. The van der Waals surface area contributed by atoms with Crippen LogP contribution in [-0.4, -0.2) is 17.1 Å². The van der Waals surface area contributed by atoms with Crippen LogP contribution in [0.25, 0.3) is 11.4 Å². The van der Waals surface area contributed by atoms with Crippen LogP contribution < -0.4 is 4.74 Å². The Bertz CT molecular complexity index is 570. The van der Waals surface area contributed by atoms with Crippen molar-refractivity contribution >= 4 is 0 Å². The van der Waals surface area contributed by atoms with Crippen molar-refractivity contribution in [1.82, 2.24) is 9.97 Å². The SMILES string of the molecule is COc1ccc(-c2ncc(C#N)cn2)cc1C. The van der Waals surface area contributed by atoms with Gasteiger partial charge in [-0.3, -0.25) is 0 Å². The van der Waals surface area contributed by atoms with E-state index in [9.17, 15) is 0 Å². The fraction of sp³-hybridized carbons (Fsp3) is 0.154. The molecule has 0 unspecified atom stereocenters. The Morgan fingerprint density at radius 3 is 2.47 bits per heavy atom. The number of hydrogen-bond acceptors (Lipinski definition) is 4. The van der Waals surface area contributed by atoms with Crippen molar-refractivity contribution in [3.8, 4) is 23.2 Å². The van der Waals surface area contributed by atoms with E-state index >= 15 is 0 Å². The van der Waals surface area contributed by atoms with Crippen molar-refractivity contribution in [2.75, 3.05) is 7.11 Å². The minimum atomic E-state index is 0.457. The normalized spacial score (nSPS) is 9.71. The summed E-state index contributed by atoms with van der Waals surface area (Å²) in [7, 11) is 1.64. The lowest BCUT2D eigenvalue weighted by atomic mass is 10.1. The van der Waals surface area contributed by atoms with Crippen molar-refractivity contribution in [3.05, 3.63) is 41.7 Å². The lowest BCUT2D eigenvalue weighted by molar-refractivity contribution is 0.412. The molecule has 0 aliphatic heterocycles. The molecule has 1 aromatic heterocycles. The van der Waals surface area contributed by atoms with Gasteiger partial charge in [-0.05, 0) is 30.7 Å². The van der Waals surface area contributed by atoms with Crippen LogP contribution in [0.5, 0.6) is 5.75 Å². The number of hydrogen-bond donors (Lipinski definition) is 0. The summed E-state index contributed by atoms with van der Waals surface area (Å²) in [5.41, 5.74) is 2.39. The van der Waals surface area contributed by atoms with Gasteiger partial charge in [0.05, 0.1) is 12.7 Å². The molecule has 0 saturated heterocycles. The molecule has 0 bridgehead atoms. The quantitative estimate of drug-likeness (QED) is 0.787. The maximum atomic E-state index is 8.66. The molecule has 0 radical (unpaired) electrons. The van der Waals surface area contributed by atoms with Gasteiger partial charge >= 0.3 is 0 Å². The molecule has 0 fully saturated rings. The third kappa shape index (κ3) is 2.23. The molecule has 0 N–H and O–H groups in total. The fourth-order valence-electron chi connectivity index (χ4n) is 1.55. The second-order valence-corrected chi connectivity index (χ2v) is 3.59. The molecular weight excluding hydrogens is 214 g/mol. The van der Waals surface area contributed by atoms with Gasteiger partial charge in [0, 0.05) is 18.0 Å². The first-order valence-electron chi connectivity index (χ1n) is 5.11. The van der Waals surface area contributed by atoms with E-state index in [4.69, 9.17) is 10.00 Å². The van der Waals surface area contributed by atoms with Gasteiger partial charge < -0.3 is 4.74 Å². The van der Waals surface area contributed by atoms with E-state index < -0.39 is 0 Å². The summed E-state index contributed by atoms with van der Waals surface area (Å²) in [5.74, 6) is 1.44. The summed E-state index contributed by atoms with van der Waals surface area (Å²) in [4.78, 5) is 8.28. The molecule has 1 aromatic carbocycles. The van der Waals surface area contributed by atoms with Crippen LogP contribution in [0.2, 0.25) is 0 Å². The molecule has 2 rings (SSSR count). The van der Waals surface area contributed by atoms with Crippen molar-refractivity contribution in [3.63, 3.8) is 0 Å². The Labute approximate surface area is 99.5 Å². The highest BCUT2D eigenvalue weighted by Crippen LogP contribution is 2.23. The zero-order chi connectivity index (χ0) is 12.3. The molecule has 0 amide bonds. The van der Waals surface area contributed by atoms with Crippen LogP contribution >= 0.6 is 0 Å². The largest absolute Gasteiger partial charge is 0.496 e. The van der Waals surface area contributed by atoms with E-state index in [1.807, 2.05) is 31.2 Å². The second-order valence-electron chi connectivity index (χ2n) is 3.59. The number of benzene rings is 1. The lowest BCUT2D eigenvalue weighted by Crippen LogP contribution is -1.92. The summed E-state index contributed by atoms with van der Waals surface area (Å²) in [6.07, 6.45) is 3.03. The zero-order valence-corrected chi connectivity index (χ0v) is 9.64. The predicted octanol–water partition coefficient (Wildman–Crippen LogP) is 2.33. The third-order valence-electron chi connectivity index (χ3n) is 2.43. The van der Waals surface area contributed by atoms with E-state index in [1.165, 1.54) is 12.4 Å². The Kier molecular flexibility index (Phi) is 3.01. The van der Waals surface area contributed by atoms with Crippen LogP contribution in [0.3, 0.4) is 0 Å². The average molecular weight is 225 g/mol. The van der Waals surface area contributed by atoms with Gasteiger partial charge in [-0.1, -0.05) is 0 Å². The molecule has 1 heterocycles. The Balaban J connectivity index is 2.40. The highest BCUT2D eigenvalue weighted by Gasteiger charge is 2.04. The maximum absolute atomic E-state index is 8.66. The monoisotopic (exact) mass is 225 g/mol. The lowest BCUT2D eigenvalue weighted by Gasteiger charge is -2.06. The first-order valence-corrected chi connectivity index (χ1v) is 5.11. The van der Waals surface area contributed by atoms with E-state index in [-0.39, 0.29) is 0 Å². The topological polar surface area (TPSA) is 58.8 Å². The van der Waals surface area contributed by atoms with Gasteiger partial charge in [0.1, 0.15) is 11.8 Å². The fourth-order valence-corrected chi connectivity index (χ4v) is 1.55. The van der Waals surface area contributed by atoms with E-state index in [0.29, 0.717) is 11.4 Å². The van der Waals surface area contributed by atoms with Crippen LogP contribution in [0.15, 0.2) is 30.6 Å². The highest BCUT2D eigenvalue weighted by atomic mass is 16.5. The first kappa shape index (κ1) is 11.1. The number of nitriles is 1. The average Bonchev–Trinajstić information content (AvgIpc) is 2.39. The Morgan fingerprint density at radius 2 is 1.94 bits per heavy atom. The van der Waals surface area contributed by atoms with Crippen molar-refractivity contribution in [2.24, 2.45) is 0 Å². The van der Waals surface area contributed by atoms with Crippen LogP contribution in [0.4, 0.5) is 0 Å². The standard InChI is InChI=1S/C13H11N3O/c1-9-5-11(3-4-12(9)17-2)13-15-7-10(6-14)8-16-13/h3-5,7-8H,1-2H3. The molecule has 0 saturated carbocycles. The van der Waals surface area contributed by atoms with Gasteiger partial charge in [0.2, 0.25) is 0 Å². The number of aromatic nitrogens is 2. The minimum absolute atomic E-state index is 0.457. The number of rotatable bonds is 2. The molecule has 0 aliphatic rings. The number of nitrogens with zero attached hydrogens (tertiary/aromatic N) is 3. The molecular formula is C13H11N3O. The first-order chi connectivity index (χ1) is 8.24. The van der Waals surface area contributed by atoms with Crippen molar-refractivity contribution < 1.29 is 4.74 Å². The number of methoxy groups -OCH3 is 1. The van der Waals surface area contributed by atoms with Gasteiger partial charge in [0.25, 0.3) is 0 Å². The molecule has 2 aromatic rings. The van der Waals surface area contributed by atoms with Gasteiger partial charge in [-0.2, -0.15) is 5.26 Å². The third-order valence-corrected chi connectivity index (χ3v) is 2.43. The maximum Gasteiger partial charge on any atom is 0.159 e. The summed E-state index contributed by atoms with van der Waals surface area (Å²) in [6, 6.07) is 7.73. The van der Waals surface area contributed by atoms with Crippen molar-refractivity contribution in [2.45, 2.75) is 6.92 Å². The van der Waals surface area contributed by atoms with Gasteiger partial charge in [-0.15, -0.1) is 0 Å². The summed E-state index contributed by atoms with van der Waals surface area (Å²) >= 11 is 0. The molecule has 0 atom stereocenters. The number of aryl methyl sites for hydroxylation is 1. The number of ether oxygens (including phenoxy) is 1. The van der Waals surface area contributed by atoms with E-state index in [1.54, 1.807) is 7.11 Å². The van der Waals surface area contributed by atoms with Crippen molar-refractivity contribution in [1.29, 1.82) is 5.26 Å². The molecule has 0 spiro atoms. The summed E-state index contributed by atoms with van der Waals surface area (Å²) < 4.78 is 5.19. The van der Waals surface area contributed by atoms with Gasteiger partial charge in [0.15, 0.2) is 5.82 Å². The van der Waals surface area contributed by atoms with E-state index in [2.05, 4.69) is 9.97 Å². The van der Waals surface area contributed by atoms with E-state index in [0.717, 1.165) is 16.9 Å². The molecule has 0 aliphatic carbocycles. The molecule has 4 heteroatoms. The highest BCUT2D eigenvalue weighted by molar-refractivity contribution is 5.58. The Hall–Kier alpha value is -2.41. The van der Waals surface area contributed by atoms with Crippen LogP contribution in [-0.2, 0) is 0 Å². The predicted molar refractivity (Wildman–Crippen MR) is 63.5 cm³/mol. The molecule has 84 valence electrons. The molecule has 4 nitrogen and oxygen atoms in total. The van der Waals surface area contributed by atoms with Gasteiger partial charge in [-0.25, -0.2) is 9.97 Å². The minimum Gasteiger partial charge on any atom is -0.496 e.